The zero-order valence-corrected chi connectivity index (χ0v) is 19.0. The van der Waals surface area contributed by atoms with Crippen molar-refractivity contribution < 1.29 is 19.1 Å². The van der Waals surface area contributed by atoms with E-state index in [4.69, 9.17) is 4.74 Å². The molecule has 9 nitrogen and oxygen atoms in total. The predicted octanol–water partition coefficient (Wildman–Crippen LogP) is 2.32. The van der Waals surface area contributed by atoms with Crippen LogP contribution in [-0.4, -0.2) is 73.2 Å². The van der Waals surface area contributed by atoms with Gasteiger partial charge in [-0.2, -0.15) is 0 Å². The number of esters is 1. The molecule has 2 heterocycles. The number of aromatic nitrogens is 1. The Bertz CT molecular complexity index is 756. The van der Waals surface area contributed by atoms with Crippen molar-refractivity contribution in [3.05, 3.63) is 23.9 Å². The first-order chi connectivity index (χ1) is 15.6. The Morgan fingerprint density at radius 3 is 2.50 bits per heavy atom. The minimum Gasteiger partial charge on any atom is -0.462 e. The zero-order chi connectivity index (χ0) is 22.8. The molecule has 32 heavy (non-hydrogen) atoms. The lowest BCUT2D eigenvalue weighted by Crippen LogP contribution is -2.49. The van der Waals surface area contributed by atoms with Gasteiger partial charge >= 0.3 is 12.0 Å². The van der Waals surface area contributed by atoms with Gasteiger partial charge in [0.05, 0.1) is 12.2 Å². The maximum atomic E-state index is 12.5. The molecule has 1 saturated carbocycles. The van der Waals surface area contributed by atoms with E-state index in [1.54, 1.807) is 13.0 Å². The minimum atomic E-state index is -0.372. The summed E-state index contributed by atoms with van der Waals surface area (Å²) < 4.78 is 4.98. The van der Waals surface area contributed by atoms with Crippen LogP contribution in [0, 0.1) is 0 Å². The SMILES string of the molecule is CCOC(=O)c1ccc(N2CCN(C(=O)CCCNC(=O)NC3CCCCC3)CC2)nc1. The number of carbonyl (C=O) groups is 3. The Morgan fingerprint density at radius 2 is 1.84 bits per heavy atom. The maximum Gasteiger partial charge on any atom is 0.339 e. The number of nitrogens with zero attached hydrogens (tertiary/aromatic N) is 3. The highest BCUT2D eigenvalue weighted by Crippen LogP contribution is 2.17. The van der Waals surface area contributed by atoms with E-state index in [0.717, 1.165) is 18.7 Å². The van der Waals surface area contributed by atoms with Crippen LogP contribution in [0.1, 0.15) is 62.2 Å². The Morgan fingerprint density at radius 1 is 1.09 bits per heavy atom. The summed E-state index contributed by atoms with van der Waals surface area (Å²) >= 11 is 0. The number of piperazine rings is 1. The van der Waals surface area contributed by atoms with Crippen LogP contribution in [0.4, 0.5) is 10.6 Å². The number of rotatable bonds is 8. The number of hydrogen-bond acceptors (Lipinski definition) is 6. The summed E-state index contributed by atoms with van der Waals surface area (Å²) in [7, 11) is 0. The first kappa shape index (κ1) is 23.8. The average molecular weight is 446 g/mol. The van der Waals surface area contributed by atoms with Gasteiger partial charge in [-0.05, 0) is 38.3 Å². The van der Waals surface area contributed by atoms with Crippen LogP contribution in [0.15, 0.2) is 18.3 Å². The summed E-state index contributed by atoms with van der Waals surface area (Å²) in [6.45, 7) is 5.26. The number of nitrogens with one attached hydrogen (secondary N) is 2. The Balaban J connectivity index is 1.32. The summed E-state index contributed by atoms with van der Waals surface area (Å²) in [6, 6.07) is 3.69. The smallest absolute Gasteiger partial charge is 0.339 e. The van der Waals surface area contributed by atoms with E-state index in [1.807, 2.05) is 11.0 Å². The molecule has 0 atom stereocenters. The summed E-state index contributed by atoms with van der Waals surface area (Å²) in [5, 5.41) is 5.89. The molecule has 2 fully saturated rings. The van der Waals surface area contributed by atoms with Gasteiger partial charge in [-0.15, -0.1) is 0 Å². The number of carbonyl (C=O) groups excluding carboxylic acids is 3. The molecule has 2 N–H and O–H groups in total. The second kappa shape index (κ2) is 12.3. The van der Waals surface area contributed by atoms with Gasteiger partial charge in [0, 0.05) is 51.4 Å². The Kier molecular flexibility index (Phi) is 9.13. The second-order valence-corrected chi connectivity index (χ2v) is 8.33. The van der Waals surface area contributed by atoms with Crippen molar-refractivity contribution in [2.75, 3.05) is 44.2 Å². The van der Waals surface area contributed by atoms with Gasteiger partial charge in [-0.1, -0.05) is 19.3 Å². The number of ether oxygens (including phenoxy) is 1. The summed E-state index contributed by atoms with van der Waals surface area (Å²) in [5.74, 6) is 0.533. The average Bonchev–Trinajstić information content (AvgIpc) is 2.83. The lowest BCUT2D eigenvalue weighted by atomic mass is 9.96. The number of urea groups is 1. The van der Waals surface area contributed by atoms with Crippen molar-refractivity contribution >= 4 is 23.7 Å². The van der Waals surface area contributed by atoms with Crippen LogP contribution < -0.4 is 15.5 Å². The topological polar surface area (TPSA) is 104 Å². The first-order valence-electron chi connectivity index (χ1n) is 11.8. The van der Waals surface area contributed by atoms with E-state index in [2.05, 4.69) is 20.5 Å². The molecule has 9 heteroatoms. The molecular weight excluding hydrogens is 410 g/mol. The van der Waals surface area contributed by atoms with E-state index in [1.165, 1.54) is 25.5 Å². The van der Waals surface area contributed by atoms with Crippen LogP contribution in [0.25, 0.3) is 0 Å². The van der Waals surface area contributed by atoms with E-state index >= 15 is 0 Å². The summed E-state index contributed by atoms with van der Waals surface area (Å²) in [5.41, 5.74) is 0.436. The van der Waals surface area contributed by atoms with Gasteiger partial charge in [0.1, 0.15) is 5.82 Å². The highest BCUT2D eigenvalue weighted by Gasteiger charge is 2.22. The number of pyridine rings is 1. The predicted molar refractivity (Wildman–Crippen MR) is 122 cm³/mol. The fourth-order valence-corrected chi connectivity index (χ4v) is 4.18. The van der Waals surface area contributed by atoms with E-state index < -0.39 is 0 Å². The molecule has 1 saturated heterocycles. The van der Waals surface area contributed by atoms with Crippen LogP contribution in [0.3, 0.4) is 0 Å². The van der Waals surface area contributed by atoms with E-state index in [9.17, 15) is 14.4 Å². The zero-order valence-electron chi connectivity index (χ0n) is 19.0. The van der Waals surface area contributed by atoms with Crippen LogP contribution in [-0.2, 0) is 9.53 Å². The van der Waals surface area contributed by atoms with Gasteiger partial charge in [0.15, 0.2) is 0 Å². The van der Waals surface area contributed by atoms with Gasteiger partial charge in [0.2, 0.25) is 5.91 Å². The largest absolute Gasteiger partial charge is 0.462 e. The molecule has 2 aliphatic rings. The molecule has 1 aliphatic heterocycles. The van der Waals surface area contributed by atoms with Crippen LogP contribution >= 0.6 is 0 Å². The molecule has 0 radical (unpaired) electrons. The fourth-order valence-electron chi connectivity index (χ4n) is 4.18. The van der Waals surface area contributed by atoms with E-state index in [-0.39, 0.29) is 23.9 Å². The Labute approximate surface area is 189 Å². The van der Waals surface area contributed by atoms with Crippen molar-refractivity contribution in [3.8, 4) is 0 Å². The maximum absolute atomic E-state index is 12.5. The van der Waals surface area contributed by atoms with Crippen molar-refractivity contribution in [2.45, 2.75) is 57.9 Å². The molecule has 1 aromatic rings. The first-order valence-corrected chi connectivity index (χ1v) is 11.8. The molecule has 1 aromatic heterocycles. The van der Waals surface area contributed by atoms with Gasteiger partial charge in [0.25, 0.3) is 0 Å². The molecule has 176 valence electrons. The second-order valence-electron chi connectivity index (χ2n) is 8.33. The number of amides is 3. The number of anilines is 1. The number of hydrogen-bond donors (Lipinski definition) is 2. The quantitative estimate of drug-likeness (QED) is 0.470. The molecule has 0 aromatic carbocycles. The van der Waals surface area contributed by atoms with Crippen molar-refractivity contribution in [1.29, 1.82) is 0 Å². The third-order valence-electron chi connectivity index (χ3n) is 6.01. The molecular formula is C23H35N5O4. The molecule has 3 rings (SSSR count). The molecule has 3 amide bonds. The standard InChI is InChI=1S/C23H35N5O4/c1-2-32-22(30)18-10-11-20(25-17-18)27-13-15-28(16-14-27)21(29)9-6-12-24-23(31)26-19-7-4-3-5-8-19/h10-11,17,19H,2-9,12-16H2,1H3,(H2,24,26,31). The lowest BCUT2D eigenvalue weighted by molar-refractivity contribution is -0.131. The lowest BCUT2D eigenvalue weighted by Gasteiger charge is -2.35. The van der Waals surface area contributed by atoms with Gasteiger partial charge < -0.3 is 25.2 Å². The van der Waals surface area contributed by atoms with Crippen molar-refractivity contribution in [1.82, 2.24) is 20.5 Å². The molecule has 0 spiro atoms. The highest BCUT2D eigenvalue weighted by molar-refractivity contribution is 5.89. The summed E-state index contributed by atoms with van der Waals surface area (Å²) in [6.07, 6.45) is 8.33. The van der Waals surface area contributed by atoms with Crippen molar-refractivity contribution in [2.24, 2.45) is 0 Å². The summed E-state index contributed by atoms with van der Waals surface area (Å²) in [4.78, 5) is 44.5. The Hall–Kier alpha value is -2.84. The minimum absolute atomic E-state index is 0.116. The van der Waals surface area contributed by atoms with Crippen LogP contribution in [0.5, 0.6) is 0 Å². The normalized spacial score (nSPS) is 17.0. The van der Waals surface area contributed by atoms with E-state index in [0.29, 0.717) is 57.7 Å². The molecule has 0 bridgehead atoms. The highest BCUT2D eigenvalue weighted by atomic mass is 16.5. The third kappa shape index (κ3) is 7.10. The van der Waals surface area contributed by atoms with Gasteiger partial charge in [-0.25, -0.2) is 14.6 Å². The third-order valence-corrected chi connectivity index (χ3v) is 6.01. The van der Waals surface area contributed by atoms with Crippen molar-refractivity contribution in [3.63, 3.8) is 0 Å². The molecule has 0 unspecified atom stereocenters. The monoisotopic (exact) mass is 445 g/mol. The van der Waals surface area contributed by atoms with Gasteiger partial charge in [-0.3, -0.25) is 4.79 Å². The van der Waals surface area contributed by atoms with Crippen LogP contribution in [0.2, 0.25) is 0 Å². The fraction of sp³-hybridized carbons (Fsp3) is 0.652. The molecule has 1 aliphatic carbocycles.